The predicted molar refractivity (Wildman–Crippen MR) is 278 cm³/mol. The zero-order valence-corrected chi connectivity index (χ0v) is 48.0. The fourth-order valence-corrected chi connectivity index (χ4v) is 16.0. The van der Waals surface area contributed by atoms with Gasteiger partial charge in [0.2, 0.25) is 0 Å². The zero-order valence-electron chi connectivity index (χ0n) is 48.0. The minimum absolute atomic E-state index is 0.0263. The maximum absolute atomic E-state index is 13.0. The molecule has 6 saturated heterocycles. The van der Waals surface area contributed by atoms with Crippen LogP contribution >= 0.6 is 0 Å². The van der Waals surface area contributed by atoms with E-state index in [-0.39, 0.29) is 42.1 Å². The summed E-state index contributed by atoms with van der Waals surface area (Å²) in [6.07, 6.45) is -31.1. The topological polar surface area (TPSA) is 445 Å². The smallest absolute Gasteiger partial charge is 0.187 e. The standard InChI is InChI=1S/C56H92O28/c1-21(18-74-48-43(69)40(66)37(63)32(81-48)20-76-49-42(68)39(65)36(62)30(16-57)79-49)8-13-55(72)23(3)56(73)33(84-55)15-28-26-7-6-24-14-25(9-11-53(24,4)27(26)10-12-54(28,56)5)78-52-47(83-51-44(70)38(64)34(60)22(2)77-51)45(71)46(31(17-58)80-52)82-50-41(67)35(61)29(59)19-75-50/h6,21-23,25-52,57-73H,7-20H2,1-5H3/t21-,22+,23-,25+,26-,27+,28+,29-,30-,31-,32-,33+,34+,35+,36-,37-,38-,39+,40+,41-,42-,43-,44-,45+,46-,47-,48-,49-,50+,51+,52-,53+,54+,55-,56-/m1/s1. The Morgan fingerprint density at radius 2 is 1.21 bits per heavy atom. The number of aliphatic hydroxyl groups excluding tert-OH is 15. The zero-order chi connectivity index (χ0) is 60.9. The second-order valence-electron chi connectivity index (χ2n) is 26.3. The summed E-state index contributed by atoms with van der Waals surface area (Å²) in [5.74, 6) is -2.23. The molecule has 17 N–H and O–H groups in total. The Hall–Kier alpha value is -1.38. The molecule has 3 saturated carbocycles. The Bertz CT molecular complexity index is 2240. The van der Waals surface area contributed by atoms with E-state index in [0.29, 0.717) is 44.9 Å². The fraction of sp³-hybridized carbons (Fsp3) is 0.964. The first-order valence-electron chi connectivity index (χ1n) is 29.9. The lowest BCUT2D eigenvalue weighted by Crippen LogP contribution is -2.66. The predicted octanol–water partition coefficient (Wildman–Crippen LogP) is -5.43. The number of hydrogen-bond donors (Lipinski definition) is 17. The normalized spacial score (nSPS) is 55.3. The van der Waals surface area contributed by atoms with E-state index in [1.54, 1.807) is 0 Å². The third kappa shape index (κ3) is 11.5. The Balaban J connectivity index is 0.757. The lowest BCUT2D eigenvalue weighted by atomic mass is 9.46. The molecular formula is C56H92O28. The molecule has 0 bridgehead atoms. The van der Waals surface area contributed by atoms with E-state index in [1.807, 2.05) is 13.8 Å². The fourth-order valence-electron chi connectivity index (χ4n) is 16.0. The highest BCUT2D eigenvalue weighted by Gasteiger charge is 2.75. The van der Waals surface area contributed by atoms with Gasteiger partial charge in [0.25, 0.3) is 0 Å². The highest BCUT2D eigenvalue weighted by molar-refractivity contribution is 5.29. The quantitative estimate of drug-likeness (QED) is 0.0604. The van der Waals surface area contributed by atoms with E-state index in [4.69, 9.17) is 52.1 Å². The van der Waals surface area contributed by atoms with Gasteiger partial charge in [0.05, 0.1) is 51.3 Å². The second kappa shape index (κ2) is 25.4. The summed E-state index contributed by atoms with van der Waals surface area (Å²) in [5, 5.41) is 183. The summed E-state index contributed by atoms with van der Waals surface area (Å²) in [6, 6.07) is 0. The Morgan fingerprint density at radius 1 is 0.607 bits per heavy atom. The van der Waals surface area contributed by atoms with Crippen LogP contribution in [-0.4, -0.2) is 291 Å². The van der Waals surface area contributed by atoms with Gasteiger partial charge in [-0.2, -0.15) is 0 Å². The van der Waals surface area contributed by atoms with Crippen molar-refractivity contribution in [1.82, 2.24) is 0 Å². The summed E-state index contributed by atoms with van der Waals surface area (Å²) in [5.41, 5.74) is -1.09. The monoisotopic (exact) mass is 1210 g/mol. The molecule has 0 aromatic carbocycles. The molecule has 10 aliphatic rings. The first kappa shape index (κ1) is 65.6. The number of rotatable bonds is 17. The molecule has 9 fully saturated rings. The molecule has 84 heavy (non-hydrogen) atoms. The molecule has 0 radical (unpaired) electrons. The van der Waals surface area contributed by atoms with Crippen LogP contribution in [-0.2, 0) is 52.1 Å². The van der Waals surface area contributed by atoms with Gasteiger partial charge in [-0.15, -0.1) is 0 Å². The Labute approximate surface area is 486 Å². The molecule has 0 spiro atoms. The lowest BCUT2D eigenvalue weighted by molar-refractivity contribution is -0.385. The van der Waals surface area contributed by atoms with Crippen molar-refractivity contribution in [2.45, 2.75) is 263 Å². The SMILES string of the molecule is C[C@H](CC[C@@]1(O)O[C@H]2C[C@H]3[C@@H]4CC=C5C[C@@H](O[C@@H]6O[C@H](CO)[C@@H](O[C@@H]7OC[C@@H](O)[C@H](O)[C@H]7O)[C@H](O)[C@H]6O[C@@H]6O[C@@H](C)[C@H](O)[C@@H](O)[C@H]6O)CC[C@]5(C)[C@H]4CC[C@]3(C)[C@@]2(O)[C@@H]1C)CO[C@@H]1O[C@H](CO[C@@H]2O[C@H](CO)[C@@H](O)[C@H](O)[C@H]2O)[C@@H](O)[C@H](O)[C@H]1O. The van der Waals surface area contributed by atoms with Gasteiger partial charge < -0.3 is 139 Å². The van der Waals surface area contributed by atoms with E-state index in [9.17, 15) is 86.8 Å². The highest BCUT2D eigenvalue weighted by atomic mass is 16.8. The average Bonchev–Trinajstić information content (AvgIpc) is 3.44. The van der Waals surface area contributed by atoms with Crippen molar-refractivity contribution in [3.63, 3.8) is 0 Å². The van der Waals surface area contributed by atoms with Crippen molar-refractivity contribution in [2.24, 2.45) is 40.4 Å². The molecular weight excluding hydrogens is 1120 g/mol. The van der Waals surface area contributed by atoms with Crippen LogP contribution in [0.2, 0.25) is 0 Å². The Kier molecular flexibility index (Phi) is 19.8. The summed E-state index contributed by atoms with van der Waals surface area (Å²) >= 11 is 0. The van der Waals surface area contributed by atoms with Gasteiger partial charge in [-0.1, -0.05) is 39.3 Å². The molecule has 6 aliphatic heterocycles. The molecule has 28 heteroatoms. The molecule has 0 aromatic heterocycles. The third-order valence-electron chi connectivity index (χ3n) is 21.5. The summed E-state index contributed by atoms with van der Waals surface area (Å²) in [6.45, 7) is 7.18. The molecule has 0 aromatic rings. The number of fused-ring (bicyclic) bond motifs is 7. The van der Waals surface area contributed by atoms with Crippen LogP contribution in [0.15, 0.2) is 11.6 Å². The van der Waals surface area contributed by atoms with Gasteiger partial charge in [-0.25, -0.2) is 0 Å². The largest absolute Gasteiger partial charge is 0.394 e. The Morgan fingerprint density at radius 3 is 1.90 bits per heavy atom. The van der Waals surface area contributed by atoms with E-state index in [2.05, 4.69) is 19.9 Å². The van der Waals surface area contributed by atoms with Gasteiger partial charge in [0, 0.05) is 17.8 Å². The van der Waals surface area contributed by atoms with Crippen LogP contribution in [0.3, 0.4) is 0 Å². The van der Waals surface area contributed by atoms with Crippen molar-refractivity contribution in [1.29, 1.82) is 0 Å². The van der Waals surface area contributed by atoms with Crippen molar-refractivity contribution < 1.29 is 139 Å². The minimum atomic E-state index is -1.78. The summed E-state index contributed by atoms with van der Waals surface area (Å²) < 4.78 is 65.4. The van der Waals surface area contributed by atoms with E-state index < -0.39 is 209 Å². The molecule has 0 unspecified atom stereocenters. The van der Waals surface area contributed by atoms with E-state index in [1.165, 1.54) is 12.5 Å². The van der Waals surface area contributed by atoms with Crippen molar-refractivity contribution >= 4 is 0 Å². The van der Waals surface area contributed by atoms with Crippen LogP contribution in [0.1, 0.15) is 92.4 Å². The van der Waals surface area contributed by atoms with Crippen LogP contribution in [0.4, 0.5) is 0 Å². The van der Waals surface area contributed by atoms with Crippen LogP contribution in [0.5, 0.6) is 0 Å². The first-order valence-corrected chi connectivity index (χ1v) is 29.9. The minimum Gasteiger partial charge on any atom is -0.394 e. The molecule has 0 amide bonds. The molecule has 10 rings (SSSR count). The van der Waals surface area contributed by atoms with Gasteiger partial charge in [-0.05, 0) is 87.4 Å². The van der Waals surface area contributed by atoms with Gasteiger partial charge >= 0.3 is 0 Å². The van der Waals surface area contributed by atoms with Crippen molar-refractivity contribution in [3.8, 4) is 0 Å². The van der Waals surface area contributed by atoms with Crippen LogP contribution < -0.4 is 0 Å². The number of ether oxygens (including phenoxy) is 11. The number of allylic oxidation sites excluding steroid dienone is 1. The number of hydrogen-bond acceptors (Lipinski definition) is 28. The van der Waals surface area contributed by atoms with Crippen molar-refractivity contribution in [2.75, 3.05) is 33.0 Å². The second-order valence-corrected chi connectivity index (χ2v) is 26.3. The van der Waals surface area contributed by atoms with Crippen LogP contribution in [0, 0.1) is 40.4 Å². The lowest BCUT2D eigenvalue weighted by Gasteiger charge is -2.59. The maximum atomic E-state index is 13.0. The average molecular weight is 1210 g/mol. The van der Waals surface area contributed by atoms with Gasteiger partial charge in [-0.3, -0.25) is 0 Å². The molecule has 484 valence electrons. The summed E-state index contributed by atoms with van der Waals surface area (Å²) in [7, 11) is 0. The van der Waals surface area contributed by atoms with Crippen LogP contribution in [0.25, 0.3) is 0 Å². The van der Waals surface area contributed by atoms with Crippen molar-refractivity contribution in [3.05, 3.63) is 11.6 Å². The molecule has 4 aliphatic carbocycles. The number of aliphatic hydroxyl groups is 17. The first-order chi connectivity index (χ1) is 39.6. The molecule has 35 atom stereocenters. The maximum Gasteiger partial charge on any atom is 0.187 e. The van der Waals surface area contributed by atoms with Gasteiger partial charge in [0.1, 0.15) is 115 Å². The highest BCUT2D eigenvalue weighted by Crippen LogP contribution is 2.71. The third-order valence-corrected chi connectivity index (χ3v) is 21.5. The summed E-state index contributed by atoms with van der Waals surface area (Å²) in [4.78, 5) is 0. The van der Waals surface area contributed by atoms with Gasteiger partial charge in [0.15, 0.2) is 37.2 Å². The molecule has 28 nitrogen and oxygen atoms in total. The van der Waals surface area contributed by atoms with E-state index >= 15 is 0 Å². The van der Waals surface area contributed by atoms with E-state index in [0.717, 1.165) is 6.42 Å². The molecule has 6 heterocycles.